The molecule has 12 heteroatoms. The molecule has 0 spiro atoms. The van der Waals surface area contributed by atoms with Gasteiger partial charge in [0.15, 0.2) is 23.6 Å². The molecule has 1 aliphatic heterocycles. The lowest BCUT2D eigenvalue weighted by molar-refractivity contribution is 0.0988. The van der Waals surface area contributed by atoms with E-state index in [0.29, 0.717) is 22.1 Å². The Kier molecular flexibility index (Phi) is 6.94. The minimum atomic E-state index is -1.64. The zero-order valence-corrected chi connectivity index (χ0v) is 23.2. The number of aryl methyl sites for hydroxylation is 1. The number of ether oxygens (including phenoxy) is 1. The molecule has 0 saturated heterocycles. The molecular formula is C27H24Cl2F2N6O2. The lowest BCUT2D eigenvalue weighted by atomic mass is 9.98. The summed E-state index contributed by atoms with van der Waals surface area (Å²) in [5.74, 6) is -0.750. The average molecular weight is 573 g/mol. The van der Waals surface area contributed by atoms with Crippen LogP contribution in [-0.2, 0) is 0 Å². The lowest BCUT2D eigenvalue weighted by Gasteiger charge is -2.29. The van der Waals surface area contributed by atoms with Gasteiger partial charge in [-0.25, -0.2) is 18.7 Å². The van der Waals surface area contributed by atoms with Gasteiger partial charge in [0.1, 0.15) is 6.04 Å². The van der Waals surface area contributed by atoms with Gasteiger partial charge in [0.2, 0.25) is 11.8 Å². The van der Waals surface area contributed by atoms with Crippen molar-refractivity contribution >= 4 is 40.7 Å². The topological polar surface area (TPSA) is 76.4 Å². The molecule has 0 N–H and O–H groups in total. The number of carbonyl (C=O) groups excluding carboxylic acids is 1. The zero-order valence-electron chi connectivity index (χ0n) is 21.7. The highest BCUT2D eigenvalue weighted by molar-refractivity contribution is 6.31. The lowest BCUT2D eigenvalue weighted by Crippen LogP contribution is -2.31. The van der Waals surface area contributed by atoms with Crippen molar-refractivity contribution in [2.45, 2.75) is 26.2 Å². The number of carbonyl (C=O) groups is 1. The number of anilines is 2. The molecule has 2 aromatic heterocycles. The van der Waals surface area contributed by atoms with Crippen LogP contribution in [0.5, 0.6) is 5.88 Å². The van der Waals surface area contributed by atoms with Gasteiger partial charge in [-0.1, -0.05) is 35.3 Å². The molecular weight excluding hydrogens is 549 g/mol. The van der Waals surface area contributed by atoms with E-state index in [1.165, 1.54) is 41.8 Å². The molecule has 2 aromatic carbocycles. The number of halogens is 4. The van der Waals surface area contributed by atoms with E-state index in [4.69, 9.17) is 27.9 Å². The summed E-state index contributed by atoms with van der Waals surface area (Å²) in [4.78, 5) is 30.2. The number of fused-ring (bicyclic) bond motifs is 1. The molecule has 0 bridgehead atoms. The number of nitrogens with zero attached hydrogens (tertiary/aromatic N) is 6. The van der Waals surface area contributed by atoms with Crippen LogP contribution in [0.2, 0.25) is 10.0 Å². The summed E-state index contributed by atoms with van der Waals surface area (Å²) in [6.45, 7) is 3.14. The largest absolute Gasteiger partial charge is 0.480 e. The van der Waals surface area contributed by atoms with E-state index >= 15 is 8.78 Å². The van der Waals surface area contributed by atoms with Gasteiger partial charge in [0.05, 0.1) is 29.1 Å². The molecule has 202 valence electrons. The predicted molar refractivity (Wildman–Crippen MR) is 146 cm³/mol. The molecule has 3 heterocycles. The highest BCUT2D eigenvalue weighted by Crippen LogP contribution is 2.47. The van der Waals surface area contributed by atoms with Crippen LogP contribution in [0.1, 0.15) is 46.6 Å². The molecule has 1 amide bonds. The van der Waals surface area contributed by atoms with Crippen molar-refractivity contribution in [1.29, 1.82) is 0 Å². The number of rotatable bonds is 6. The Hall–Kier alpha value is -3.76. The summed E-state index contributed by atoms with van der Waals surface area (Å²) in [5.41, 5.74) is 1.78. The number of aromatic nitrogens is 4. The first-order valence-electron chi connectivity index (χ1n) is 11.9. The number of hydrogen-bond acceptors (Lipinski definition) is 6. The van der Waals surface area contributed by atoms with E-state index in [9.17, 15) is 4.79 Å². The van der Waals surface area contributed by atoms with Crippen molar-refractivity contribution in [3.05, 3.63) is 81.0 Å². The summed E-state index contributed by atoms with van der Waals surface area (Å²) >= 11 is 12.3. The standard InChI is InChI=1S/C27H24Cl2F2N6O2/c1-13-11-15(28)9-10-16(13)22-23-21(26(38)37(22)19-8-6-7-18(29)20(19)31)33-24(36(23)14(2)30)17-12-32-27(35(3)4)34-25(17)39-5/h6-12,14,22H,1-5H3. The van der Waals surface area contributed by atoms with Crippen LogP contribution in [0.3, 0.4) is 0 Å². The predicted octanol–water partition coefficient (Wildman–Crippen LogP) is 6.41. The number of alkyl halides is 1. The second-order valence-electron chi connectivity index (χ2n) is 9.25. The minimum absolute atomic E-state index is 0.0352. The SMILES string of the molecule is COc1nc(N(C)C)ncc1-c1nc2c(n1C(C)F)C(c1ccc(Cl)cc1C)N(c1cccc(Cl)c1F)C2=O. The Morgan fingerprint density at radius 1 is 1.15 bits per heavy atom. The monoisotopic (exact) mass is 572 g/mol. The van der Waals surface area contributed by atoms with Crippen LogP contribution < -0.4 is 14.5 Å². The summed E-state index contributed by atoms with van der Waals surface area (Å²) in [6.07, 6.45) is -0.166. The third-order valence-corrected chi connectivity index (χ3v) is 7.06. The van der Waals surface area contributed by atoms with Gasteiger partial charge in [0, 0.05) is 25.3 Å². The zero-order chi connectivity index (χ0) is 28.2. The van der Waals surface area contributed by atoms with Gasteiger partial charge in [-0.2, -0.15) is 4.98 Å². The average Bonchev–Trinajstić information content (AvgIpc) is 3.40. The first-order chi connectivity index (χ1) is 18.5. The molecule has 8 nitrogen and oxygen atoms in total. The molecule has 1 aliphatic rings. The number of amides is 1. The smallest absolute Gasteiger partial charge is 0.279 e. The Balaban J connectivity index is 1.81. The van der Waals surface area contributed by atoms with Crippen molar-refractivity contribution in [1.82, 2.24) is 19.5 Å². The third kappa shape index (κ3) is 4.37. The number of imidazole rings is 1. The first-order valence-corrected chi connectivity index (χ1v) is 12.7. The summed E-state index contributed by atoms with van der Waals surface area (Å²) in [5, 5.41) is 0.332. The van der Waals surface area contributed by atoms with E-state index in [1.807, 2.05) is 6.92 Å². The summed E-state index contributed by atoms with van der Waals surface area (Å²) in [7, 11) is 4.98. The van der Waals surface area contributed by atoms with E-state index < -0.39 is 24.1 Å². The molecule has 2 atom stereocenters. The van der Waals surface area contributed by atoms with Crippen LogP contribution in [0.25, 0.3) is 11.4 Å². The number of hydrogen-bond donors (Lipinski definition) is 0. The molecule has 39 heavy (non-hydrogen) atoms. The van der Waals surface area contributed by atoms with Gasteiger partial charge < -0.3 is 9.64 Å². The van der Waals surface area contributed by atoms with Crippen LogP contribution >= 0.6 is 23.2 Å². The highest BCUT2D eigenvalue weighted by Gasteiger charge is 2.46. The fourth-order valence-corrected chi connectivity index (χ4v) is 5.20. The number of benzene rings is 2. The van der Waals surface area contributed by atoms with Gasteiger partial charge in [0.25, 0.3) is 5.91 Å². The second kappa shape index (κ2) is 10.1. The van der Waals surface area contributed by atoms with Crippen molar-refractivity contribution in [2.24, 2.45) is 0 Å². The molecule has 0 aliphatic carbocycles. The summed E-state index contributed by atoms with van der Waals surface area (Å²) < 4.78 is 37.7. The van der Waals surface area contributed by atoms with Crippen LogP contribution in [0.4, 0.5) is 20.4 Å². The van der Waals surface area contributed by atoms with E-state index in [0.717, 1.165) is 5.56 Å². The van der Waals surface area contributed by atoms with Gasteiger partial charge >= 0.3 is 0 Å². The molecule has 0 radical (unpaired) electrons. The van der Waals surface area contributed by atoms with Gasteiger partial charge in [-0.15, -0.1) is 0 Å². The van der Waals surface area contributed by atoms with E-state index in [1.54, 1.807) is 43.3 Å². The van der Waals surface area contributed by atoms with Gasteiger partial charge in [-0.3, -0.25) is 14.3 Å². The van der Waals surface area contributed by atoms with E-state index in [-0.39, 0.29) is 33.8 Å². The summed E-state index contributed by atoms with van der Waals surface area (Å²) in [6, 6.07) is 8.56. The van der Waals surface area contributed by atoms with Crippen molar-refractivity contribution < 1.29 is 18.3 Å². The quantitative estimate of drug-likeness (QED) is 0.266. The van der Waals surface area contributed by atoms with E-state index in [2.05, 4.69) is 15.0 Å². The fourth-order valence-electron chi connectivity index (χ4n) is 4.81. The maximum atomic E-state index is 15.6. The van der Waals surface area contributed by atoms with Crippen LogP contribution in [-0.4, -0.2) is 46.6 Å². The Bertz CT molecular complexity index is 1610. The van der Waals surface area contributed by atoms with Crippen molar-refractivity contribution in [3.63, 3.8) is 0 Å². The second-order valence-corrected chi connectivity index (χ2v) is 10.1. The molecule has 4 aromatic rings. The molecule has 2 unspecified atom stereocenters. The normalized spacial score (nSPS) is 15.5. The maximum Gasteiger partial charge on any atom is 0.279 e. The maximum absolute atomic E-state index is 15.6. The highest BCUT2D eigenvalue weighted by atomic mass is 35.5. The first kappa shape index (κ1) is 26.8. The molecule has 0 fully saturated rings. The van der Waals surface area contributed by atoms with Gasteiger partial charge in [-0.05, 0) is 49.2 Å². The van der Waals surface area contributed by atoms with Crippen LogP contribution in [0.15, 0.2) is 42.6 Å². The Morgan fingerprint density at radius 2 is 1.90 bits per heavy atom. The Morgan fingerprint density at radius 3 is 2.54 bits per heavy atom. The minimum Gasteiger partial charge on any atom is -0.480 e. The molecule has 5 rings (SSSR count). The number of methoxy groups -OCH3 is 1. The van der Waals surface area contributed by atoms with Crippen molar-refractivity contribution in [3.8, 4) is 17.3 Å². The Labute approximate surface area is 233 Å². The molecule has 0 saturated carbocycles. The van der Waals surface area contributed by atoms with Crippen molar-refractivity contribution in [2.75, 3.05) is 31.0 Å². The third-order valence-electron chi connectivity index (χ3n) is 6.53. The van der Waals surface area contributed by atoms with Crippen LogP contribution in [0, 0.1) is 12.7 Å². The fraction of sp³-hybridized carbons (Fsp3) is 0.259.